The van der Waals surface area contributed by atoms with Crippen molar-refractivity contribution in [3.63, 3.8) is 0 Å². The number of carboxylic acid groups (broad SMARTS) is 1. The Balaban J connectivity index is 1.69. The zero-order valence-electron chi connectivity index (χ0n) is 11.3. The van der Waals surface area contributed by atoms with Gasteiger partial charge in [0, 0.05) is 19.5 Å². The lowest BCUT2D eigenvalue weighted by atomic mass is 9.90. The van der Waals surface area contributed by atoms with Crippen molar-refractivity contribution in [2.24, 2.45) is 5.41 Å². The number of hydrogen-bond donors (Lipinski definition) is 1. The summed E-state index contributed by atoms with van der Waals surface area (Å²) in [6, 6.07) is 7.61. The number of carbonyl (C=O) groups is 2. The molecule has 0 spiro atoms. The average molecular weight is 275 g/mol. The largest absolute Gasteiger partial charge is 0.481 e. The first-order valence-electron chi connectivity index (χ1n) is 6.76. The smallest absolute Gasteiger partial charge is 0.311 e. The normalized spacial score (nSPS) is 28.1. The number of para-hydroxylation sites is 1. The topological polar surface area (TPSA) is 66.8 Å². The van der Waals surface area contributed by atoms with Gasteiger partial charge in [-0.25, -0.2) is 0 Å². The number of fused-ring (bicyclic) bond motifs is 1. The molecule has 1 amide bonds. The molecule has 106 valence electrons. The standard InChI is InChI=1S/C15H17NO4/c1-15(14(18)19)6-7-16(9-15)13(17)12-8-10-4-2-3-5-11(10)20-12/h2-5,12H,6-9H2,1H3,(H,18,19)/t12-,15-/m1/s1. The Bertz CT molecular complexity index is 546. The van der Waals surface area contributed by atoms with Gasteiger partial charge in [-0.15, -0.1) is 0 Å². The van der Waals surface area contributed by atoms with Crippen LogP contribution in [0.25, 0.3) is 0 Å². The van der Waals surface area contributed by atoms with E-state index in [0.717, 1.165) is 11.3 Å². The Kier molecular flexibility index (Phi) is 2.92. The van der Waals surface area contributed by atoms with Crippen molar-refractivity contribution in [3.05, 3.63) is 29.8 Å². The highest BCUT2D eigenvalue weighted by molar-refractivity contribution is 5.84. The third kappa shape index (κ3) is 2.03. The Hall–Kier alpha value is -2.04. The first-order chi connectivity index (χ1) is 9.49. The molecule has 3 rings (SSSR count). The van der Waals surface area contributed by atoms with Gasteiger partial charge in [-0.2, -0.15) is 0 Å². The van der Waals surface area contributed by atoms with Crippen LogP contribution in [0.5, 0.6) is 5.75 Å². The fourth-order valence-electron chi connectivity index (χ4n) is 2.85. The van der Waals surface area contributed by atoms with Gasteiger partial charge in [-0.05, 0) is 25.0 Å². The zero-order chi connectivity index (χ0) is 14.3. The van der Waals surface area contributed by atoms with E-state index in [-0.39, 0.29) is 12.5 Å². The minimum Gasteiger partial charge on any atom is -0.481 e. The van der Waals surface area contributed by atoms with Crippen LogP contribution in [0.3, 0.4) is 0 Å². The first kappa shape index (κ1) is 13.0. The van der Waals surface area contributed by atoms with Crippen LogP contribution in [0.15, 0.2) is 24.3 Å². The minimum atomic E-state index is -0.844. The molecule has 5 nitrogen and oxygen atoms in total. The van der Waals surface area contributed by atoms with Gasteiger partial charge < -0.3 is 14.7 Å². The molecule has 0 bridgehead atoms. The summed E-state index contributed by atoms with van der Waals surface area (Å²) in [5.41, 5.74) is 0.201. The van der Waals surface area contributed by atoms with Crippen molar-refractivity contribution >= 4 is 11.9 Å². The lowest BCUT2D eigenvalue weighted by Gasteiger charge is -2.22. The maximum atomic E-state index is 12.4. The monoisotopic (exact) mass is 275 g/mol. The summed E-state index contributed by atoms with van der Waals surface area (Å²) in [4.78, 5) is 25.3. The molecular formula is C15H17NO4. The highest BCUT2D eigenvalue weighted by Gasteiger charge is 2.44. The number of aliphatic carboxylic acids is 1. The van der Waals surface area contributed by atoms with Gasteiger partial charge in [0.25, 0.3) is 5.91 Å². The average Bonchev–Trinajstić information content (AvgIpc) is 3.02. The molecule has 0 radical (unpaired) electrons. The lowest BCUT2D eigenvalue weighted by molar-refractivity contribution is -0.147. The van der Waals surface area contributed by atoms with Crippen molar-refractivity contribution in [2.75, 3.05) is 13.1 Å². The van der Waals surface area contributed by atoms with Crippen LogP contribution in [-0.4, -0.2) is 41.1 Å². The SMILES string of the molecule is C[C@@]1(C(=O)O)CCN(C(=O)[C@H]2Cc3ccccc3O2)C1. The van der Waals surface area contributed by atoms with E-state index >= 15 is 0 Å². The maximum absolute atomic E-state index is 12.4. The second-order valence-electron chi connectivity index (χ2n) is 5.79. The number of ether oxygens (including phenoxy) is 1. The molecule has 5 heteroatoms. The van der Waals surface area contributed by atoms with E-state index in [1.165, 1.54) is 0 Å². The van der Waals surface area contributed by atoms with Crippen molar-refractivity contribution < 1.29 is 19.4 Å². The summed E-state index contributed by atoms with van der Waals surface area (Å²) in [5, 5.41) is 9.21. The Labute approximate surface area is 117 Å². The third-order valence-corrected chi connectivity index (χ3v) is 4.22. The van der Waals surface area contributed by atoms with E-state index in [1.807, 2.05) is 24.3 Å². The fraction of sp³-hybridized carbons (Fsp3) is 0.467. The number of amides is 1. The minimum absolute atomic E-state index is 0.105. The molecular weight excluding hydrogens is 258 g/mol. The van der Waals surface area contributed by atoms with Crippen LogP contribution < -0.4 is 4.74 Å². The van der Waals surface area contributed by atoms with Gasteiger partial charge in [-0.3, -0.25) is 9.59 Å². The number of nitrogens with zero attached hydrogens (tertiary/aromatic N) is 1. The van der Waals surface area contributed by atoms with Crippen LogP contribution in [0, 0.1) is 5.41 Å². The molecule has 1 fully saturated rings. The molecule has 2 heterocycles. The highest BCUT2D eigenvalue weighted by atomic mass is 16.5. The molecule has 1 saturated heterocycles. The van der Waals surface area contributed by atoms with Gasteiger partial charge in [0.05, 0.1) is 5.41 Å². The summed E-state index contributed by atoms with van der Waals surface area (Å²) in [7, 11) is 0. The van der Waals surface area contributed by atoms with Crippen LogP contribution in [0.2, 0.25) is 0 Å². The van der Waals surface area contributed by atoms with Crippen molar-refractivity contribution in [3.8, 4) is 5.75 Å². The molecule has 1 aromatic rings. The quantitative estimate of drug-likeness (QED) is 0.883. The first-order valence-corrected chi connectivity index (χ1v) is 6.76. The Morgan fingerprint density at radius 2 is 2.15 bits per heavy atom. The lowest BCUT2D eigenvalue weighted by Crippen LogP contribution is -2.42. The van der Waals surface area contributed by atoms with Crippen LogP contribution in [-0.2, 0) is 16.0 Å². The summed E-state index contributed by atoms with van der Waals surface area (Å²) < 4.78 is 5.67. The fourth-order valence-corrected chi connectivity index (χ4v) is 2.85. The van der Waals surface area contributed by atoms with E-state index in [0.29, 0.717) is 19.4 Å². The molecule has 1 aromatic carbocycles. The molecule has 1 N–H and O–H groups in total. The van der Waals surface area contributed by atoms with Crippen LogP contribution in [0.1, 0.15) is 18.9 Å². The van der Waals surface area contributed by atoms with Gasteiger partial charge in [0.2, 0.25) is 0 Å². The molecule has 0 aromatic heterocycles. The molecule has 0 saturated carbocycles. The molecule has 20 heavy (non-hydrogen) atoms. The van der Waals surface area contributed by atoms with Crippen LogP contribution >= 0.6 is 0 Å². The number of hydrogen-bond acceptors (Lipinski definition) is 3. The molecule has 0 unspecified atom stereocenters. The number of likely N-dealkylation sites (tertiary alicyclic amines) is 1. The molecule has 2 aliphatic heterocycles. The maximum Gasteiger partial charge on any atom is 0.311 e. The third-order valence-electron chi connectivity index (χ3n) is 4.22. The number of carboxylic acids is 1. The van der Waals surface area contributed by atoms with Crippen molar-refractivity contribution in [1.29, 1.82) is 0 Å². The number of benzene rings is 1. The van der Waals surface area contributed by atoms with Gasteiger partial charge >= 0.3 is 5.97 Å². The second-order valence-corrected chi connectivity index (χ2v) is 5.79. The van der Waals surface area contributed by atoms with E-state index in [2.05, 4.69) is 0 Å². The van der Waals surface area contributed by atoms with E-state index in [1.54, 1.807) is 11.8 Å². The second kappa shape index (κ2) is 4.51. The molecule has 2 aliphatic rings. The predicted octanol–water partition coefficient (Wildman–Crippen LogP) is 1.31. The van der Waals surface area contributed by atoms with Crippen molar-refractivity contribution in [1.82, 2.24) is 4.90 Å². The molecule has 2 atom stereocenters. The van der Waals surface area contributed by atoms with Gasteiger partial charge in [0.15, 0.2) is 6.10 Å². The predicted molar refractivity (Wildman–Crippen MR) is 71.5 cm³/mol. The van der Waals surface area contributed by atoms with Gasteiger partial charge in [0.1, 0.15) is 5.75 Å². The van der Waals surface area contributed by atoms with Crippen molar-refractivity contribution in [2.45, 2.75) is 25.9 Å². The Morgan fingerprint density at radius 3 is 2.80 bits per heavy atom. The highest BCUT2D eigenvalue weighted by Crippen LogP contribution is 2.33. The summed E-state index contributed by atoms with van der Waals surface area (Å²) in [5.74, 6) is -0.194. The van der Waals surface area contributed by atoms with Crippen LogP contribution in [0.4, 0.5) is 0 Å². The summed E-state index contributed by atoms with van der Waals surface area (Å²) in [6.45, 7) is 2.43. The number of carbonyl (C=O) groups excluding carboxylic acids is 1. The van der Waals surface area contributed by atoms with E-state index < -0.39 is 17.5 Å². The summed E-state index contributed by atoms with van der Waals surface area (Å²) in [6.07, 6.45) is 0.548. The van der Waals surface area contributed by atoms with Gasteiger partial charge in [-0.1, -0.05) is 18.2 Å². The zero-order valence-corrected chi connectivity index (χ0v) is 11.3. The molecule has 0 aliphatic carbocycles. The van der Waals surface area contributed by atoms with E-state index in [4.69, 9.17) is 4.74 Å². The van der Waals surface area contributed by atoms with E-state index in [9.17, 15) is 14.7 Å². The Morgan fingerprint density at radius 1 is 1.40 bits per heavy atom. The summed E-state index contributed by atoms with van der Waals surface area (Å²) >= 11 is 0. The number of rotatable bonds is 2.